The molecule has 32 heavy (non-hydrogen) atoms. The molecule has 8 heteroatoms. The Morgan fingerprint density at radius 3 is 2.47 bits per heavy atom. The first kappa shape index (κ1) is 22.9. The van der Waals surface area contributed by atoms with E-state index in [9.17, 15) is 14.4 Å². The fraction of sp³-hybridized carbons (Fsp3) is 0.292. The molecule has 1 heterocycles. The number of esters is 1. The minimum absolute atomic E-state index is 0.114. The van der Waals surface area contributed by atoms with Crippen molar-refractivity contribution in [3.05, 3.63) is 69.6 Å². The van der Waals surface area contributed by atoms with Crippen molar-refractivity contribution in [2.24, 2.45) is 0 Å². The van der Waals surface area contributed by atoms with Gasteiger partial charge in [0.15, 0.2) is 11.5 Å². The smallest absolute Gasteiger partial charge is 0.336 e. The number of amides is 1. The van der Waals surface area contributed by atoms with Gasteiger partial charge in [0, 0.05) is 22.6 Å². The highest BCUT2D eigenvalue weighted by molar-refractivity contribution is 5.96. The average molecular weight is 439 g/mol. The summed E-state index contributed by atoms with van der Waals surface area (Å²) < 4.78 is 21.4. The molecule has 3 aromatic rings. The Bertz CT molecular complexity index is 1180. The number of fused-ring (bicyclic) bond motifs is 1. The lowest BCUT2D eigenvalue weighted by molar-refractivity contribution is -0.143. The van der Waals surface area contributed by atoms with Gasteiger partial charge in [0.05, 0.1) is 13.2 Å². The second-order valence-electron chi connectivity index (χ2n) is 6.96. The van der Waals surface area contributed by atoms with E-state index in [1.54, 1.807) is 30.3 Å². The molecule has 0 saturated heterocycles. The summed E-state index contributed by atoms with van der Waals surface area (Å²) in [5.41, 5.74) is 1.70. The topological polar surface area (TPSA) is 104 Å². The second kappa shape index (κ2) is 10.5. The molecular formula is C24H25NO7. The Labute approximate surface area is 185 Å². The molecule has 0 fully saturated rings. The third-order valence-electron chi connectivity index (χ3n) is 4.57. The molecule has 1 N–H and O–H groups in total. The van der Waals surface area contributed by atoms with Crippen LogP contribution in [0.3, 0.4) is 0 Å². The van der Waals surface area contributed by atoms with Gasteiger partial charge in [-0.1, -0.05) is 12.1 Å². The minimum atomic E-state index is -0.636. The van der Waals surface area contributed by atoms with Crippen LogP contribution in [0.4, 0.5) is 0 Å². The molecule has 0 atom stereocenters. The van der Waals surface area contributed by atoms with Crippen molar-refractivity contribution >= 4 is 22.8 Å². The molecule has 0 saturated carbocycles. The first-order chi connectivity index (χ1) is 15.4. The van der Waals surface area contributed by atoms with Crippen molar-refractivity contribution in [2.45, 2.75) is 27.4 Å². The Morgan fingerprint density at radius 1 is 0.969 bits per heavy atom. The van der Waals surface area contributed by atoms with Crippen molar-refractivity contribution in [1.29, 1.82) is 0 Å². The van der Waals surface area contributed by atoms with Crippen LogP contribution in [0.1, 0.15) is 35.3 Å². The standard InChI is InChI=1S/C24H25NO7/c1-4-29-19-9-7-16(11-21(19)30-5-2)24(28)25-13-23(27)31-14-17-12-22(26)32-20-10-15(3)6-8-18(17)20/h6-12H,4-5,13-14H2,1-3H3,(H,25,28). The maximum atomic E-state index is 12.4. The molecule has 0 bridgehead atoms. The normalized spacial score (nSPS) is 10.6. The highest BCUT2D eigenvalue weighted by atomic mass is 16.5. The molecule has 0 spiro atoms. The van der Waals surface area contributed by atoms with Gasteiger partial charge in [0.25, 0.3) is 5.91 Å². The SMILES string of the molecule is CCOc1ccc(C(=O)NCC(=O)OCc2cc(=O)oc3cc(C)ccc23)cc1OCC. The zero-order chi connectivity index (χ0) is 23.1. The first-order valence-electron chi connectivity index (χ1n) is 10.3. The van der Waals surface area contributed by atoms with Gasteiger partial charge >= 0.3 is 11.6 Å². The molecule has 168 valence electrons. The molecule has 0 aliphatic rings. The Kier molecular flexibility index (Phi) is 7.49. The predicted molar refractivity (Wildman–Crippen MR) is 118 cm³/mol. The number of hydrogen-bond donors (Lipinski definition) is 1. The summed E-state index contributed by atoms with van der Waals surface area (Å²) >= 11 is 0. The Morgan fingerprint density at radius 2 is 1.72 bits per heavy atom. The fourth-order valence-corrected chi connectivity index (χ4v) is 3.11. The van der Waals surface area contributed by atoms with Crippen LogP contribution in [0.5, 0.6) is 11.5 Å². The summed E-state index contributed by atoms with van der Waals surface area (Å²) in [6.07, 6.45) is 0. The number of carbonyl (C=O) groups excluding carboxylic acids is 2. The molecule has 0 unspecified atom stereocenters. The van der Waals surface area contributed by atoms with Crippen LogP contribution in [0.25, 0.3) is 11.0 Å². The third kappa shape index (κ3) is 5.66. The van der Waals surface area contributed by atoms with Crippen LogP contribution in [0.15, 0.2) is 51.7 Å². The zero-order valence-corrected chi connectivity index (χ0v) is 18.2. The van der Waals surface area contributed by atoms with E-state index in [2.05, 4.69) is 5.32 Å². The summed E-state index contributed by atoms with van der Waals surface area (Å²) in [5.74, 6) is -0.0929. The molecule has 2 aromatic carbocycles. The highest BCUT2D eigenvalue weighted by Gasteiger charge is 2.14. The van der Waals surface area contributed by atoms with E-state index in [0.29, 0.717) is 46.8 Å². The van der Waals surface area contributed by atoms with Crippen LogP contribution >= 0.6 is 0 Å². The van der Waals surface area contributed by atoms with Gasteiger partial charge in [-0.3, -0.25) is 9.59 Å². The van der Waals surface area contributed by atoms with E-state index in [1.807, 2.05) is 26.8 Å². The molecule has 0 aliphatic carbocycles. The van der Waals surface area contributed by atoms with Crippen LogP contribution in [-0.4, -0.2) is 31.6 Å². The third-order valence-corrected chi connectivity index (χ3v) is 4.57. The molecule has 8 nitrogen and oxygen atoms in total. The van der Waals surface area contributed by atoms with Gasteiger partial charge in [0.1, 0.15) is 18.7 Å². The monoisotopic (exact) mass is 439 g/mol. The quantitative estimate of drug-likeness (QED) is 0.403. The second-order valence-corrected chi connectivity index (χ2v) is 6.96. The van der Waals surface area contributed by atoms with E-state index in [1.165, 1.54) is 6.07 Å². The van der Waals surface area contributed by atoms with E-state index >= 15 is 0 Å². The molecule has 0 radical (unpaired) electrons. The van der Waals surface area contributed by atoms with Gasteiger partial charge in [-0.05, 0) is 50.6 Å². The van der Waals surface area contributed by atoms with Gasteiger partial charge in [-0.2, -0.15) is 0 Å². The number of ether oxygens (including phenoxy) is 3. The molecule has 3 rings (SSSR count). The van der Waals surface area contributed by atoms with E-state index in [4.69, 9.17) is 18.6 Å². The predicted octanol–water partition coefficient (Wildman–Crippen LogP) is 3.37. The van der Waals surface area contributed by atoms with E-state index < -0.39 is 17.5 Å². The lowest BCUT2D eigenvalue weighted by Crippen LogP contribution is -2.30. The van der Waals surface area contributed by atoms with Gasteiger partial charge < -0.3 is 23.9 Å². The zero-order valence-electron chi connectivity index (χ0n) is 18.2. The molecular weight excluding hydrogens is 414 g/mol. The lowest BCUT2D eigenvalue weighted by atomic mass is 10.1. The lowest BCUT2D eigenvalue weighted by Gasteiger charge is -2.12. The summed E-state index contributed by atoms with van der Waals surface area (Å²) in [5, 5.41) is 3.21. The van der Waals surface area contributed by atoms with E-state index in [-0.39, 0.29) is 13.2 Å². The summed E-state index contributed by atoms with van der Waals surface area (Å²) in [4.78, 5) is 36.4. The van der Waals surface area contributed by atoms with Crippen LogP contribution < -0.4 is 20.4 Å². The van der Waals surface area contributed by atoms with Crippen LogP contribution in [0, 0.1) is 6.92 Å². The summed E-state index contributed by atoms with van der Waals surface area (Å²) in [7, 11) is 0. The number of rotatable bonds is 9. The van der Waals surface area contributed by atoms with Crippen LogP contribution in [-0.2, 0) is 16.1 Å². The summed E-state index contributed by atoms with van der Waals surface area (Å²) in [6, 6.07) is 11.5. The first-order valence-corrected chi connectivity index (χ1v) is 10.3. The van der Waals surface area contributed by atoms with E-state index in [0.717, 1.165) is 5.56 Å². The molecule has 0 aliphatic heterocycles. The summed E-state index contributed by atoms with van der Waals surface area (Å²) in [6.45, 7) is 6.02. The van der Waals surface area contributed by atoms with Crippen molar-refractivity contribution in [1.82, 2.24) is 5.32 Å². The molecule has 1 amide bonds. The van der Waals surface area contributed by atoms with Gasteiger partial charge in [0.2, 0.25) is 0 Å². The minimum Gasteiger partial charge on any atom is -0.490 e. The maximum absolute atomic E-state index is 12.4. The van der Waals surface area contributed by atoms with Gasteiger partial charge in [-0.15, -0.1) is 0 Å². The number of benzene rings is 2. The van der Waals surface area contributed by atoms with Crippen LogP contribution in [0.2, 0.25) is 0 Å². The number of aryl methyl sites for hydroxylation is 1. The Hall–Kier alpha value is -3.81. The maximum Gasteiger partial charge on any atom is 0.336 e. The fourth-order valence-electron chi connectivity index (χ4n) is 3.11. The average Bonchev–Trinajstić information content (AvgIpc) is 2.76. The molecule has 1 aromatic heterocycles. The van der Waals surface area contributed by atoms with Gasteiger partial charge in [-0.25, -0.2) is 4.79 Å². The Balaban J connectivity index is 1.61. The highest BCUT2D eigenvalue weighted by Crippen LogP contribution is 2.28. The largest absolute Gasteiger partial charge is 0.490 e. The number of hydrogen-bond acceptors (Lipinski definition) is 7. The van der Waals surface area contributed by atoms with Crippen molar-refractivity contribution in [3.8, 4) is 11.5 Å². The van der Waals surface area contributed by atoms with Crippen molar-refractivity contribution in [2.75, 3.05) is 19.8 Å². The number of nitrogens with one attached hydrogen (secondary N) is 1. The van der Waals surface area contributed by atoms with Crippen molar-refractivity contribution < 1.29 is 28.2 Å². The van der Waals surface area contributed by atoms with Crippen molar-refractivity contribution in [3.63, 3.8) is 0 Å². The number of carbonyl (C=O) groups is 2.